The van der Waals surface area contributed by atoms with Crippen LogP contribution in [-0.4, -0.2) is 85.0 Å². The Kier molecular flexibility index (Phi) is 8.80. The lowest BCUT2D eigenvalue weighted by Crippen LogP contribution is -2.58. The average Bonchev–Trinajstić information content (AvgIpc) is 3.20. The van der Waals surface area contributed by atoms with Gasteiger partial charge in [0.15, 0.2) is 8.32 Å². The second-order valence-electron chi connectivity index (χ2n) is 14.2. The number of hydrogen-bond acceptors (Lipinski definition) is 7. The van der Waals surface area contributed by atoms with Crippen LogP contribution in [0.1, 0.15) is 44.9 Å². The molecule has 254 valence electrons. The predicted octanol–water partition coefficient (Wildman–Crippen LogP) is 7.51. The minimum atomic E-state index is -4.38. The van der Waals surface area contributed by atoms with Gasteiger partial charge in [-0.15, -0.1) is 0 Å². The van der Waals surface area contributed by atoms with Gasteiger partial charge in [0.1, 0.15) is 12.4 Å². The molecule has 0 spiro atoms. The maximum atomic E-state index is 13.0. The molecule has 3 aliphatic rings. The van der Waals surface area contributed by atoms with Gasteiger partial charge >= 0.3 is 18.3 Å². The molecule has 1 N–H and O–H groups in total. The van der Waals surface area contributed by atoms with Crippen molar-refractivity contribution < 1.29 is 32.2 Å². The summed E-state index contributed by atoms with van der Waals surface area (Å²) in [7, 11) is -2.21. The van der Waals surface area contributed by atoms with Gasteiger partial charge < -0.3 is 24.1 Å². The number of ether oxygens (including phenoxy) is 1. The van der Waals surface area contributed by atoms with Crippen molar-refractivity contribution in [3.8, 4) is 6.01 Å². The molecule has 3 aromatic rings. The minimum Gasteiger partial charge on any atom is -0.465 e. The number of fused-ring (bicyclic) bond motifs is 4. The van der Waals surface area contributed by atoms with Crippen LogP contribution in [-0.2, 0) is 17.4 Å². The van der Waals surface area contributed by atoms with Gasteiger partial charge in [-0.05, 0) is 48.5 Å². The van der Waals surface area contributed by atoms with E-state index < -0.39 is 39.7 Å². The number of piperazine rings is 1. The van der Waals surface area contributed by atoms with E-state index in [1.54, 1.807) is 0 Å². The summed E-state index contributed by atoms with van der Waals surface area (Å²) >= 11 is 6.65. The lowest BCUT2D eigenvalue weighted by atomic mass is 10.0. The van der Waals surface area contributed by atoms with Gasteiger partial charge in [0, 0.05) is 36.3 Å². The van der Waals surface area contributed by atoms with E-state index in [4.69, 9.17) is 20.8 Å². The molecule has 6 rings (SSSR count). The number of aromatic nitrogens is 2. The van der Waals surface area contributed by atoms with Crippen molar-refractivity contribution in [1.82, 2.24) is 14.9 Å². The molecule has 0 saturated carbocycles. The molecule has 2 aromatic carbocycles. The van der Waals surface area contributed by atoms with Crippen molar-refractivity contribution in [3.05, 3.63) is 52.7 Å². The number of rotatable bonds is 7. The molecule has 1 amide bonds. The van der Waals surface area contributed by atoms with Crippen LogP contribution in [0, 0.1) is 0 Å². The van der Waals surface area contributed by atoms with Crippen LogP contribution < -0.4 is 14.5 Å². The van der Waals surface area contributed by atoms with E-state index >= 15 is 0 Å². The van der Waals surface area contributed by atoms with Crippen molar-refractivity contribution in [3.63, 3.8) is 0 Å². The lowest BCUT2D eigenvalue weighted by molar-refractivity contribution is -0.139. The molecule has 47 heavy (non-hydrogen) atoms. The van der Waals surface area contributed by atoms with E-state index in [0.717, 1.165) is 22.0 Å². The first-order chi connectivity index (χ1) is 22.0. The Balaban J connectivity index is 1.34. The highest BCUT2D eigenvalue weighted by molar-refractivity contribution is 6.74. The fourth-order valence-corrected chi connectivity index (χ4v) is 8.42. The second-order valence-corrected chi connectivity index (χ2v) is 19.4. The van der Waals surface area contributed by atoms with Crippen molar-refractivity contribution in [2.45, 2.75) is 89.1 Å². The van der Waals surface area contributed by atoms with Crippen LogP contribution in [0.5, 0.6) is 6.01 Å². The van der Waals surface area contributed by atoms with E-state index in [2.05, 4.69) is 53.6 Å². The number of anilines is 2. The number of hydrogen-bond donors (Lipinski definition) is 1. The molecule has 14 heteroatoms. The summed E-state index contributed by atoms with van der Waals surface area (Å²) in [5.74, 6) is 0.584. The molecule has 1 aromatic heterocycles. The zero-order chi connectivity index (χ0) is 33.9. The van der Waals surface area contributed by atoms with Crippen molar-refractivity contribution in [1.29, 1.82) is 0 Å². The smallest absolute Gasteiger partial charge is 0.408 e. The van der Waals surface area contributed by atoms with E-state index in [-0.39, 0.29) is 23.2 Å². The Labute approximate surface area is 278 Å². The number of alkyl halides is 3. The molecule has 2 fully saturated rings. The van der Waals surface area contributed by atoms with E-state index in [0.29, 0.717) is 55.6 Å². The molecular weight excluding hydrogens is 651 g/mol. The number of amides is 1. The van der Waals surface area contributed by atoms with Gasteiger partial charge in [0.2, 0.25) is 0 Å². The second kappa shape index (κ2) is 12.3. The summed E-state index contributed by atoms with van der Waals surface area (Å²) in [6.45, 7) is 11.9. The monoisotopic (exact) mass is 691 g/mol. The van der Waals surface area contributed by atoms with Crippen LogP contribution in [0.2, 0.25) is 23.2 Å². The fraction of sp³-hybridized carbons (Fsp3) is 0.545. The number of benzene rings is 2. The van der Waals surface area contributed by atoms with E-state index in [9.17, 15) is 23.1 Å². The Morgan fingerprint density at radius 2 is 1.81 bits per heavy atom. The Bertz CT molecular complexity index is 1660. The molecule has 3 aliphatic heterocycles. The number of halogens is 4. The molecule has 0 radical (unpaired) electrons. The summed E-state index contributed by atoms with van der Waals surface area (Å²) in [4.78, 5) is 27.5. The van der Waals surface area contributed by atoms with E-state index in [1.165, 1.54) is 4.90 Å². The molecule has 2 saturated heterocycles. The first kappa shape index (κ1) is 33.6. The molecule has 3 atom stereocenters. The van der Waals surface area contributed by atoms with E-state index in [1.807, 2.05) is 36.4 Å². The van der Waals surface area contributed by atoms with Crippen LogP contribution >= 0.6 is 11.6 Å². The average molecular weight is 692 g/mol. The first-order valence-electron chi connectivity index (χ1n) is 16.0. The Morgan fingerprint density at radius 3 is 2.49 bits per heavy atom. The maximum absolute atomic E-state index is 13.0. The standard InChI is InChI=1S/C33H41ClF3N5O4Si/c1-32(2,3)47(4,5)46-27-16-21-17-41(19-26(27)42(21)31(43)44)29-22-12-14-40(25-11-7-9-20-8-6-10-23(34)28(20)25)18-24(22)38-30(39-29)45-15-13-33(35,36)37/h6-11,21,26-27H,12-19H2,1-5H3,(H,43,44)/t21-,26-,27-/m1/s1. The highest BCUT2D eigenvalue weighted by Gasteiger charge is 2.52. The van der Waals surface area contributed by atoms with Gasteiger partial charge in [0.05, 0.1) is 41.9 Å². The quantitative estimate of drug-likeness (QED) is 0.255. The fourth-order valence-electron chi connectivity index (χ4n) is 6.78. The maximum Gasteiger partial charge on any atom is 0.408 e. The van der Waals surface area contributed by atoms with Crippen LogP contribution in [0.4, 0.5) is 29.5 Å². The molecule has 2 bridgehead atoms. The van der Waals surface area contributed by atoms with Gasteiger partial charge in [-0.3, -0.25) is 4.90 Å². The first-order valence-corrected chi connectivity index (χ1v) is 19.3. The zero-order valence-corrected chi connectivity index (χ0v) is 29.0. The Hall–Kier alpha value is -3.29. The minimum absolute atomic E-state index is 0.0496. The summed E-state index contributed by atoms with van der Waals surface area (Å²) < 4.78 is 51.4. The van der Waals surface area contributed by atoms with Gasteiger partial charge in [-0.25, -0.2) is 4.79 Å². The lowest BCUT2D eigenvalue weighted by Gasteiger charge is -2.43. The SMILES string of the molecule is CC(C)(C)[Si](C)(C)O[C@@H]1C[C@@H]2CN(c3nc(OCCC(F)(F)F)nc4c3CCN(c3cccc5cccc(Cl)c35)C4)C[C@H]1N2C(=O)O. The highest BCUT2D eigenvalue weighted by atomic mass is 35.5. The van der Waals surface area contributed by atoms with Crippen LogP contribution in [0.15, 0.2) is 36.4 Å². The summed E-state index contributed by atoms with van der Waals surface area (Å²) in [5.41, 5.74) is 2.49. The normalized spacial score (nSPS) is 21.7. The molecule has 9 nitrogen and oxygen atoms in total. The third-order valence-corrected chi connectivity index (χ3v) is 14.9. The third kappa shape index (κ3) is 6.71. The third-order valence-electron chi connectivity index (χ3n) is 10.1. The number of nitrogens with zero attached hydrogens (tertiary/aromatic N) is 5. The van der Waals surface area contributed by atoms with Crippen LogP contribution in [0.25, 0.3) is 10.8 Å². The summed E-state index contributed by atoms with van der Waals surface area (Å²) in [6.07, 6.45) is -5.62. The molecular formula is C33H41ClF3N5O4Si. The van der Waals surface area contributed by atoms with Crippen molar-refractivity contribution in [2.24, 2.45) is 0 Å². The largest absolute Gasteiger partial charge is 0.465 e. The summed E-state index contributed by atoms with van der Waals surface area (Å²) in [6, 6.07) is 10.9. The molecule has 4 heterocycles. The zero-order valence-electron chi connectivity index (χ0n) is 27.3. The highest BCUT2D eigenvalue weighted by Crippen LogP contribution is 2.43. The molecule has 0 unspecified atom stereocenters. The van der Waals surface area contributed by atoms with Crippen LogP contribution in [0.3, 0.4) is 0 Å². The van der Waals surface area contributed by atoms with Gasteiger partial charge in [-0.2, -0.15) is 23.1 Å². The topological polar surface area (TPSA) is 91.3 Å². The van der Waals surface area contributed by atoms with Gasteiger partial charge in [-0.1, -0.05) is 56.6 Å². The predicted molar refractivity (Wildman–Crippen MR) is 178 cm³/mol. The number of carboxylic acid groups (broad SMARTS) is 1. The Morgan fingerprint density at radius 1 is 1.09 bits per heavy atom. The van der Waals surface area contributed by atoms with Crippen molar-refractivity contribution in [2.75, 3.05) is 36.0 Å². The molecule has 0 aliphatic carbocycles. The van der Waals surface area contributed by atoms with Gasteiger partial charge in [0.25, 0.3) is 0 Å². The van der Waals surface area contributed by atoms with Crippen molar-refractivity contribution >= 4 is 48.3 Å². The summed E-state index contributed by atoms with van der Waals surface area (Å²) in [5, 5.41) is 12.7. The number of carbonyl (C=O) groups is 1.